The van der Waals surface area contributed by atoms with Gasteiger partial charge in [0.15, 0.2) is 11.6 Å². The number of halogens is 2. The van der Waals surface area contributed by atoms with Crippen molar-refractivity contribution in [2.75, 3.05) is 29.9 Å². The van der Waals surface area contributed by atoms with Crippen LogP contribution in [-0.2, 0) is 4.74 Å². The van der Waals surface area contributed by atoms with E-state index in [9.17, 15) is 4.79 Å². The minimum Gasteiger partial charge on any atom is -0.492 e. The number of pyridine rings is 1. The average molecular weight is 555 g/mol. The topological polar surface area (TPSA) is 92.7 Å². The normalized spacial score (nSPS) is 20.8. The summed E-state index contributed by atoms with van der Waals surface area (Å²) in [7, 11) is 0. The number of benzene rings is 1. The number of likely N-dealkylation sites (tertiary alicyclic amines) is 1. The van der Waals surface area contributed by atoms with Gasteiger partial charge in [0, 0.05) is 25.2 Å². The fourth-order valence-corrected chi connectivity index (χ4v) is 5.50. The summed E-state index contributed by atoms with van der Waals surface area (Å²) in [6, 6.07) is 7.35. The number of carbonyl (C=O) groups is 1. The van der Waals surface area contributed by atoms with E-state index in [1.807, 2.05) is 32.9 Å². The highest BCUT2D eigenvalue weighted by molar-refractivity contribution is 6.32. The molecule has 3 aromatic rings. The summed E-state index contributed by atoms with van der Waals surface area (Å²) in [6.45, 7) is 7.31. The van der Waals surface area contributed by atoms with Crippen LogP contribution >= 0.6 is 11.6 Å². The van der Waals surface area contributed by atoms with Gasteiger partial charge in [-0.25, -0.2) is 24.1 Å². The molecular formula is C28H32ClFN6O3. The second-order valence-electron chi connectivity index (χ2n) is 11.6. The Bertz CT molecular complexity index is 1400. The van der Waals surface area contributed by atoms with E-state index in [4.69, 9.17) is 26.1 Å². The Hall–Kier alpha value is -3.40. The van der Waals surface area contributed by atoms with Crippen LogP contribution < -0.4 is 15.0 Å². The van der Waals surface area contributed by atoms with Crippen LogP contribution in [0.2, 0.25) is 5.02 Å². The summed E-state index contributed by atoms with van der Waals surface area (Å²) >= 11 is 6.29. The fourth-order valence-electron chi connectivity index (χ4n) is 5.28. The molecule has 2 saturated heterocycles. The largest absolute Gasteiger partial charge is 0.492 e. The predicted molar refractivity (Wildman–Crippen MR) is 147 cm³/mol. The molecule has 2 unspecified atom stereocenters. The Morgan fingerprint density at radius 3 is 2.54 bits per heavy atom. The van der Waals surface area contributed by atoms with Gasteiger partial charge in [0.2, 0.25) is 0 Å². The lowest BCUT2D eigenvalue weighted by molar-refractivity contribution is 0.0209. The van der Waals surface area contributed by atoms with E-state index in [2.05, 4.69) is 20.2 Å². The van der Waals surface area contributed by atoms with Crippen molar-refractivity contribution in [3.8, 4) is 5.75 Å². The first-order valence-electron chi connectivity index (χ1n) is 13.4. The van der Waals surface area contributed by atoms with Gasteiger partial charge in [-0.05, 0) is 76.6 Å². The van der Waals surface area contributed by atoms with Gasteiger partial charge in [-0.3, -0.25) is 0 Å². The number of nitrogens with one attached hydrogen (secondary N) is 1. The summed E-state index contributed by atoms with van der Waals surface area (Å²) in [5.41, 5.74) is 0.793. The van der Waals surface area contributed by atoms with Crippen LogP contribution in [0.3, 0.4) is 0 Å². The van der Waals surface area contributed by atoms with E-state index in [0.717, 1.165) is 31.5 Å². The smallest absolute Gasteiger partial charge is 0.410 e. The quantitative estimate of drug-likeness (QED) is 0.400. The molecular weight excluding hydrogens is 523 g/mol. The maximum Gasteiger partial charge on any atom is 0.410 e. The molecule has 1 amide bonds. The third kappa shape index (κ3) is 5.39. The zero-order chi connectivity index (χ0) is 27.3. The Balaban J connectivity index is 1.23. The summed E-state index contributed by atoms with van der Waals surface area (Å²) in [6.07, 6.45) is 5.32. The summed E-state index contributed by atoms with van der Waals surface area (Å²) < 4.78 is 26.5. The molecule has 6 rings (SSSR count). The van der Waals surface area contributed by atoms with Crippen LogP contribution in [-0.4, -0.2) is 63.3 Å². The molecule has 9 nitrogen and oxygen atoms in total. The lowest BCUT2D eigenvalue weighted by Gasteiger charge is -2.42. The number of anilines is 3. The molecule has 1 N–H and O–H groups in total. The number of nitrogens with zero attached hydrogens (tertiary/aromatic N) is 5. The molecule has 2 aliphatic heterocycles. The van der Waals surface area contributed by atoms with E-state index < -0.39 is 11.4 Å². The van der Waals surface area contributed by atoms with Crippen LogP contribution in [0.5, 0.6) is 5.75 Å². The Kier molecular flexibility index (Phi) is 6.61. The molecule has 39 heavy (non-hydrogen) atoms. The third-order valence-corrected chi connectivity index (χ3v) is 7.69. The molecule has 1 aromatic carbocycles. The SMILES string of the molecule is CC(C)(C)OC(=O)N1CC2CCC(C1)N2c1ccc2ncnc(Nc3ccc(OCC4CC4)c(Cl)c3F)c2n1. The van der Waals surface area contributed by atoms with Crippen molar-refractivity contribution in [2.45, 2.75) is 64.1 Å². The van der Waals surface area contributed by atoms with Gasteiger partial charge in [0.05, 0.1) is 17.8 Å². The molecule has 0 radical (unpaired) electrons. The van der Waals surface area contributed by atoms with Crippen LogP contribution in [0.4, 0.5) is 26.5 Å². The van der Waals surface area contributed by atoms with E-state index in [0.29, 0.717) is 48.2 Å². The van der Waals surface area contributed by atoms with Crippen molar-refractivity contribution < 1.29 is 18.7 Å². The maximum absolute atomic E-state index is 15.2. The fraction of sp³-hybridized carbons (Fsp3) is 0.500. The van der Waals surface area contributed by atoms with Gasteiger partial charge < -0.3 is 24.6 Å². The molecule has 3 aliphatic rings. The first kappa shape index (κ1) is 25.9. The number of hydrogen-bond donors (Lipinski definition) is 1. The van der Waals surface area contributed by atoms with E-state index in [-0.39, 0.29) is 28.9 Å². The lowest BCUT2D eigenvalue weighted by atomic mass is 10.1. The van der Waals surface area contributed by atoms with Crippen LogP contribution in [0, 0.1) is 11.7 Å². The lowest BCUT2D eigenvalue weighted by Crippen LogP contribution is -2.56. The Morgan fingerprint density at radius 2 is 1.85 bits per heavy atom. The van der Waals surface area contributed by atoms with Gasteiger partial charge in [0.1, 0.15) is 34.0 Å². The average Bonchev–Trinajstić information content (AvgIpc) is 3.68. The van der Waals surface area contributed by atoms with Gasteiger partial charge >= 0.3 is 6.09 Å². The van der Waals surface area contributed by atoms with E-state index in [1.54, 1.807) is 17.0 Å². The van der Waals surface area contributed by atoms with Crippen molar-refractivity contribution in [1.29, 1.82) is 0 Å². The molecule has 2 bridgehead atoms. The molecule has 3 fully saturated rings. The summed E-state index contributed by atoms with van der Waals surface area (Å²) in [5, 5.41) is 2.99. The number of aromatic nitrogens is 3. The minimum absolute atomic E-state index is 0.0629. The van der Waals surface area contributed by atoms with Crippen LogP contribution in [0.25, 0.3) is 11.0 Å². The zero-order valence-electron chi connectivity index (χ0n) is 22.3. The Morgan fingerprint density at radius 1 is 1.10 bits per heavy atom. The van der Waals surface area contributed by atoms with Crippen molar-refractivity contribution >= 4 is 46.1 Å². The molecule has 2 atom stereocenters. The molecule has 1 saturated carbocycles. The van der Waals surface area contributed by atoms with Crippen molar-refractivity contribution in [1.82, 2.24) is 19.9 Å². The summed E-state index contributed by atoms with van der Waals surface area (Å²) in [4.78, 5) is 30.4. The summed E-state index contributed by atoms with van der Waals surface area (Å²) in [5.74, 6) is 1.41. The number of ether oxygens (including phenoxy) is 2. The number of fused-ring (bicyclic) bond motifs is 3. The predicted octanol–water partition coefficient (Wildman–Crippen LogP) is 5.94. The Labute approximate surface area is 231 Å². The highest BCUT2D eigenvalue weighted by Gasteiger charge is 2.43. The molecule has 4 heterocycles. The second kappa shape index (κ2) is 9.97. The van der Waals surface area contributed by atoms with Gasteiger partial charge in [-0.1, -0.05) is 11.6 Å². The number of piperazine rings is 1. The number of carbonyl (C=O) groups excluding carboxylic acids is 1. The third-order valence-electron chi connectivity index (χ3n) is 7.34. The monoisotopic (exact) mass is 554 g/mol. The van der Waals surface area contributed by atoms with Crippen LogP contribution in [0.15, 0.2) is 30.6 Å². The zero-order valence-corrected chi connectivity index (χ0v) is 23.0. The van der Waals surface area contributed by atoms with Gasteiger partial charge in [-0.2, -0.15) is 0 Å². The molecule has 206 valence electrons. The maximum atomic E-state index is 15.2. The molecule has 0 spiro atoms. The molecule has 2 aromatic heterocycles. The van der Waals surface area contributed by atoms with Crippen LogP contribution in [0.1, 0.15) is 46.5 Å². The van der Waals surface area contributed by atoms with E-state index >= 15 is 4.39 Å². The highest BCUT2D eigenvalue weighted by atomic mass is 35.5. The standard InChI is InChI=1S/C28H32ClFN6O3/c1-28(2,3)39-27(37)35-12-17-6-7-18(13-35)36(17)22-11-9-20-25(34-22)26(32-15-31-20)33-19-8-10-21(23(29)24(19)30)38-14-16-4-5-16/h8-11,15-18H,4-7,12-14H2,1-3H3,(H,31,32,33). The first-order valence-corrected chi connectivity index (χ1v) is 13.8. The first-order chi connectivity index (χ1) is 18.7. The van der Waals surface area contributed by atoms with Gasteiger partial charge in [-0.15, -0.1) is 0 Å². The highest BCUT2D eigenvalue weighted by Crippen LogP contribution is 2.38. The van der Waals surface area contributed by atoms with Gasteiger partial charge in [0.25, 0.3) is 0 Å². The molecule has 11 heteroatoms. The number of hydrogen-bond acceptors (Lipinski definition) is 8. The van der Waals surface area contributed by atoms with E-state index in [1.165, 1.54) is 6.33 Å². The van der Waals surface area contributed by atoms with Crippen molar-refractivity contribution in [3.63, 3.8) is 0 Å². The minimum atomic E-state index is -0.607. The number of rotatable bonds is 6. The van der Waals surface area contributed by atoms with Crippen molar-refractivity contribution in [2.24, 2.45) is 5.92 Å². The molecule has 1 aliphatic carbocycles. The number of amides is 1. The second-order valence-corrected chi connectivity index (χ2v) is 11.9. The van der Waals surface area contributed by atoms with Crippen molar-refractivity contribution in [3.05, 3.63) is 41.4 Å².